The summed E-state index contributed by atoms with van der Waals surface area (Å²) in [6.07, 6.45) is -9.09. The minimum Gasteiger partial charge on any atom is -0.453 e. The lowest BCUT2D eigenvalue weighted by Gasteiger charge is -2.18. The summed E-state index contributed by atoms with van der Waals surface area (Å²) >= 11 is 0. The Bertz CT molecular complexity index is 1330. The minimum atomic E-state index is -4.86. The van der Waals surface area contributed by atoms with Gasteiger partial charge in [-0.25, -0.2) is 4.79 Å². The maximum atomic E-state index is 13.8. The summed E-state index contributed by atoms with van der Waals surface area (Å²) in [5, 5.41) is 5.28. The molecule has 0 aromatic heterocycles. The van der Waals surface area contributed by atoms with Crippen molar-refractivity contribution >= 4 is 17.7 Å². The van der Waals surface area contributed by atoms with Gasteiger partial charge in [-0.05, 0) is 65.9 Å². The van der Waals surface area contributed by atoms with E-state index in [1.807, 2.05) is 0 Å². The van der Waals surface area contributed by atoms with E-state index in [9.17, 15) is 35.9 Å². The number of ether oxygens (including phenoxy) is 1. The van der Waals surface area contributed by atoms with Gasteiger partial charge < -0.3 is 15.4 Å². The van der Waals surface area contributed by atoms with Gasteiger partial charge in [0.2, 0.25) is 0 Å². The van der Waals surface area contributed by atoms with Gasteiger partial charge in [-0.15, -0.1) is 0 Å². The summed E-state index contributed by atoms with van der Waals surface area (Å²) in [6, 6.07) is 11.0. The van der Waals surface area contributed by atoms with E-state index in [0.29, 0.717) is 30.7 Å². The molecule has 2 amide bonds. The van der Waals surface area contributed by atoms with E-state index >= 15 is 0 Å². The van der Waals surface area contributed by atoms with Crippen LogP contribution in [0, 0.1) is 0 Å². The number of alkyl carbamates (subject to hydrolysis) is 1. The molecule has 194 valence electrons. The van der Waals surface area contributed by atoms with Gasteiger partial charge in [-0.2, -0.15) is 26.3 Å². The second-order valence-electron chi connectivity index (χ2n) is 8.48. The third-order valence-electron chi connectivity index (χ3n) is 6.02. The molecular weight excluding hydrogens is 502 g/mol. The van der Waals surface area contributed by atoms with Crippen molar-refractivity contribution in [1.29, 1.82) is 0 Å². The highest BCUT2D eigenvalue weighted by Crippen LogP contribution is 2.40. The van der Waals surface area contributed by atoms with E-state index in [4.69, 9.17) is 0 Å². The van der Waals surface area contributed by atoms with Crippen molar-refractivity contribution in [2.75, 3.05) is 12.4 Å². The van der Waals surface area contributed by atoms with Crippen molar-refractivity contribution in [3.05, 3.63) is 88.5 Å². The first kappa shape index (κ1) is 26.1. The Hall–Kier alpha value is -4.02. The van der Waals surface area contributed by atoms with E-state index < -0.39 is 41.0 Å². The molecule has 5 nitrogen and oxygen atoms in total. The maximum absolute atomic E-state index is 13.8. The van der Waals surface area contributed by atoms with Crippen molar-refractivity contribution in [3.8, 4) is 11.1 Å². The Morgan fingerprint density at radius 3 is 2.16 bits per heavy atom. The molecule has 1 aliphatic carbocycles. The molecule has 0 unspecified atom stereocenters. The second kappa shape index (κ2) is 9.79. The first-order valence-electron chi connectivity index (χ1n) is 11.0. The standard InChI is InChI=1S/C26H20F6N2O3/c1-37-24(36)34-19-11-15-7-10-18(12-16(15)13-19)33-23(35)20-3-2-4-21(26(30,31)32)22(20)14-5-8-17(9-6-14)25(27,28)29/h2-10,12,19H,11,13H2,1H3,(H,33,35)(H,34,36)/t19-/m1/s1. The third kappa shape index (κ3) is 5.71. The van der Waals surface area contributed by atoms with Gasteiger partial charge in [0.25, 0.3) is 5.91 Å². The largest absolute Gasteiger partial charge is 0.453 e. The van der Waals surface area contributed by atoms with Crippen LogP contribution in [0.3, 0.4) is 0 Å². The number of hydrogen-bond acceptors (Lipinski definition) is 3. The van der Waals surface area contributed by atoms with Crippen molar-refractivity contribution in [1.82, 2.24) is 5.32 Å². The number of benzene rings is 3. The van der Waals surface area contributed by atoms with Crippen LogP contribution in [0.15, 0.2) is 60.7 Å². The smallest absolute Gasteiger partial charge is 0.417 e. The average Bonchev–Trinajstić information content (AvgIpc) is 3.23. The molecular formula is C26H20F6N2O3. The number of fused-ring (bicyclic) bond motifs is 1. The highest BCUT2D eigenvalue weighted by molar-refractivity contribution is 6.09. The Morgan fingerprint density at radius 1 is 0.865 bits per heavy atom. The van der Waals surface area contributed by atoms with Gasteiger partial charge in [0, 0.05) is 22.9 Å². The van der Waals surface area contributed by atoms with Crippen LogP contribution < -0.4 is 10.6 Å². The van der Waals surface area contributed by atoms with Crippen LogP contribution in [0.1, 0.15) is 32.6 Å². The quantitative estimate of drug-likeness (QED) is 0.386. The Kier molecular flexibility index (Phi) is 6.90. The molecule has 3 aromatic carbocycles. The molecule has 37 heavy (non-hydrogen) atoms. The molecule has 4 rings (SSSR count). The molecule has 0 heterocycles. The SMILES string of the molecule is COC(=O)N[C@@H]1Cc2ccc(NC(=O)c3cccc(C(F)(F)F)c3-c3ccc(C(F)(F)F)cc3)cc2C1. The number of methoxy groups -OCH3 is 1. The summed E-state index contributed by atoms with van der Waals surface area (Å²) in [5.74, 6) is -0.858. The lowest BCUT2D eigenvalue weighted by molar-refractivity contribution is -0.138. The van der Waals surface area contributed by atoms with Gasteiger partial charge in [-0.3, -0.25) is 4.79 Å². The molecule has 0 bridgehead atoms. The van der Waals surface area contributed by atoms with Crippen molar-refractivity contribution in [2.45, 2.75) is 31.2 Å². The fourth-order valence-electron chi connectivity index (χ4n) is 4.34. The molecule has 3 aromatic rings. The van der Waals surface area contributed by atoms with Crippen molar-refractivity contribution in [2.24, 2.45) is 0 Å². The second-order valence-corrected chi connectivity index (χ2v) is 8.48. The molecule has 0 fully saturated rings. The molecule has 0 spiro atoms. The fourth-order valence-corrected chi connectivity index (χ4v) is 4.34. The van der Waals surface area contributed by atoms with E-state index in [1.165, 1.54) is 13.2 Å². The number of carbonyl (C=O) groups excluding carboxylic acids is 2. The zero-order valence-electron chi connectivity index (χ0n) is 19.3. The predicted octanol–water partition coefficient (Wildman–Crippen LogP) is 6.47. The highest BCUT2D eigenvalue weighted by atomic mass is 19.4. The predicted molar refractivity (Wildman–Crippen MR) is 123 cm³/mol. The number of carbonyl (C=O) groups is 2. The zero-order chi connectivity index (χ0) is 27.0. The Labute approximate surface area is 207 Å². The van der Waals surface area contributed by atoms with Crippen LogP contribution in [0.4, 0.5) is 36.8 Å². The van der Waals surface area contributed by atoms with Crippen molar-refractivity contribution in [3.63, 3.8) is 0 Å². The number of anilines is 1. The highest BCUT2D eigenvalue weighted by Gasteiger charge is 2.36. The third-order valence-corrected chi connectivity index (χ3v) is 6.02. The Balaban J connectivity index is 1.65. The van der Waals surface area contributed by atoms with Crippen LogP contribution in [-0.2, 0) is 29.9 Å². The van der Waals surface area contributed by atoms with Crippen LogP contribution in [0.2, 0.25) is 0 Å². The number of rotatable bonds is 4. The number of nitrogens with one attached hydrogen (secondary N) is 2. The summed E-state index contributed by atoms with van der Waals surface area (Å²) in [4.78, 5) is 24.6. The first-order chi connectivity index (χ1) is 17.4. The molecule has 0 radical (unpaired) electrons. The van der Waals surface area contributed by atoms with E-state index in [2.05, 4.69) is 15.4 Å². The van der Waals surface area contributed by atoms with Crippen LogP contribution >= 0.6 is 0 Å². The molecule has 0 saturated carbocycles. The summed E-state index contributed by atoms with van der Waals surface area (Å²) in [7, 11) is 1.25. The zero-order valence-corrected chi connectivity index (χ0v) is 19.3. The van der Waals surface area contributed by atoms with E-state index in [0.717, 1.165) is 35.4 Å². The lowest BCUT2D eigenvalue weighted by atomic mass is 9.92. The number of alkyl halides is 6. The number of hydrogen-bond donors (Lipinski definition) is 2. The maximum Gasteiger partial charge on any atom is 0.417 e. The lowest BCUT2D eigenvalue weighted by Crippen LogP contribution is -2.35. The average molecular weight is 522 g/mol. The van der Waals surface area contributed by atoms with Gasteiger partial charge in [0.05, 0.1) is 18.2 Å². The molecule has 0 aliphatic heterocycles. The normalized spacial score (nSPS) is 15.2. The Morgan fingerprint density at radius 2 is 1.54 bits per heavy atom. The monoisotopic (exact) mass is 522 g/mol. The van der Waals surface area contributed by atoms with Crippen LogP contribution in [0.5, 0.6) is 0 Å². The molecule has 11 heteroatoms. The van der Waals surface area contributed by atoms with Gasteiger partial charge >= 0.3 is 18.4 Å². The summed E-state index contributed by atoms with van der Waals surface area (Å²) in [6.45, 7) is 0. The summed E-state index contributed by atoms with van der Waals surface area (Å²) in [5.41, 5.74) is -1.13. The molecule has 2 N–H and O–H groups in total. The summed E-state index contributed by atoms with van der Waals surface area (Å²) < 4.78 is 85.0. The van der Waals surface area contributed by atoms with Gasteiger partial charge in [0.1, 0.15) is 0 Å². The van der Waals surface area contributed by atoms with E-state index in [-0.39, 0.29) is 17.2 Å². The molecule has 1 aliphatic rings. The van der Waals surface area contributed by atoms with Gasteiger partial charge in [0.15, 0.2) is 0 Å². The molecule has 1 atom stereocenters. The fraction of sp³-hybridized carbons (Fsp3) is 0.231. The first-order valence-corrected chi connectivity index (χ1v) is 11.0. The minimum absolute atomic E-state index is 0.184. The van der Waals surface area contributed by atoms with Crippen LogP contribution in [-0.4, -0.2) is 25.2 Å². The van der Waals surface area contributed by atoms with Crippen LogP contribution in [0.25, 0.3) is 11.1 Å². The number of amides is 2. The number of halogens is 6. The van der Waals surface area contributed by atoms with E-state index in [1.54, 1.807) is 18.2 Å². The molecule has 0 saturated heterocycles. The topological polar surface area (TPSA) is 67.4 Å². The van der Waals surface area contributed by atoms with Crippen molar-refractivity contribution < 1.29 is 40.7 Å². The van der Waals surface area contributed by atoms with Gasteiger partial charge in [-0.1, -0.05) is 24.3 Å².